The second-order valence-electron chi connectivity index (χ2n) is 4.07. The highest BCUT2D eigenvalue weighted by molar-refractivity contribution is 5.99. The van der Waals surface area contributed by atoms with Crippen molar-refractivity contribution in [3.63, 3.8) is 0 Å². The van der Waals surface area contributed by atoms with Crippen molar-refractivity contribution in [1.29, 1.82) is 0 Å². The highest BCUT2D eigenvalue weighted by Crippen LogP contribution is 2.16. The number of hydrogen-bond acceptors (Lipinski definition) is 1. The first-order chi connectivity index (χ1) is 9.04. The van der Waals surface area contributed by atoms with Crippen molar-refractivity contribution in [2.75, 3.05) is 10.6 Å². The van der Waals surface area contributed by atoms with Gasteiger partial charge in [0.25, 0.3) is 0 Å². The van der Waals surface area contributed by atoms with Crippen LogP contribution in [-0.2, 0) is 0 Å². The largest absolute Gasteiger partial charge is 0.323 e. The maximum Gasteiger partial charge on any atom is 0.323 e. The molecule has 0 fully saturated rings. The van der Waals surface area contributed by atoms with Crippen molar-refractivity contribution in [3.05, 3.63) is 59.7 Å². The van der Waals surface area contributed by atoms with Crippen LogP contribution >= 0.6 is 0 Å². The van der Waals surface area contributed by atoms with Gasteiger partial charge in [-0.1, -0.05) is 12.1 Å². The molecule has 19 heavy (non-hydrogen) atoms. The molecule has 2 N–H and O–H groups in total. The molecule has 0 atom stereocenters. The van der Waals surface area contributed by atoms with E-state index in [0.717, 1.165) is 5.56 Å². The van der Waals surface area contributed by atoms with Crippen LogP contribution in [0.1, 0.15) is 5.56 Å². The molecule has 98 valence electrons. The molecule has 0 radical (unpaired) electrons. The highest BCUT2D eigenvalue weighted by Gasteiger charge is 2.07. The van der Waals surface area contributed by atoms with Gasteiger partial charge in [-0.3, -0.25) is 0 Å². The molecule has 2 aromatic rings. The maximum atomic E-state index is 13.4. The third-order valence-electron chi connectivity index (χ3n) is 2.45. The van der Waals surface area contributed by atoms with E-state index < -0.39 is 17.7 Å². The molecular formula is C14H12F2N2O. The first-order valence-corrected chi connectivity index (χ1v) is 5.64. The Labute approximate surface area is 109 Å². The van der Waals surface area contributed by atoms with Crippen molar-refractivity contribution < 1.29 is 13.6 Å². The van der Waals surface area contributed by atoms with Gasteiger partial charge in [-0.2, -0.15) is 0 Å². The molecule has 0 spiro atoms. The first-order valence-electron chi connectivity index (χ1n) is 5.64. The summed E-state index contributed by atoms with van der Waals surface area (Å²) in [7, 11) is 0. The number of urea groups is 1. The highest BCUT2D eigenvalue weighted by atomic mass is 19.1. The normalized spacial score (nSPS) is 10.1. The summed E-state index contributed by atoms with van der Waals surface area (Å²) in [4.78, 5) is 11.6. The summed E-state index contributed by atoms with van der Waals surface area (Å²) in [5, 5.41) is 4.79. The minimum atomic E-state index is -0.630. The summed E-state index contributed by atoms with van der Waals surface area (Å²) in [6.07, 6.45) is 0. The fraction of sp³-hybridized carbons (Fsp3) is 0.0714. The van der Waals surface area contributed by atoms with Crippen LogP contribution in [-0.4, -0.2) is 6.03 Å². The van der Waals surface area contributed by atoms with Crippen LogP contribution in [0.25, 0.3) is 0 Å². The molecule has 0 aliphatic heterocycles. The number of rotatable bonds is 2. The Morgan fingerprint density at radius 1 is 1.05 bits per heavy atom. The first kappa shape index (κ1) is 13.0. The molecule has 2 aromatic carbocycles. The Bertz CT molecular complexity index is 614. The number of benzene rings is 2. The monoisotopic (exact) mass is 262 g/mol. The zero-order valence-electron chi connectivity index (χ0n) is 10.2. The van der Waals surface area contributed by atoms with Gasteiger partial charge in [-0.15, -0.1) is 0 Å². The SMILES string of the molecule is Cc1ccc(F)c(NC(=O)Nc2cccc(F)c2)c1. The Kier molecular flexibility index (Phi) is 3.75. The number of aryl methyl sites for hydroxylation is 1. The molecule has 0 aliphatic carbocycles. The van der Waals surface area contributed by atoms with Gasteiger partial charge in [0, 0.05) is 5.69 Å². The zero-order valence-corrected chi connectivity index (χ0v) is 10.2. The van der Waals surface area contributed by atoms with Crippen molar-refractivity contribution in [1.82, 2.24) is 0 Å². The Hall–Kier alpha value is -2.43. The molecule has 0 bridgehead atoms. The van der Waals surface area contributed by atoms with E-state index >= 15 is 0 Å². The van der Waals surface area contributed by atoms with E-state index in [1.807, 2.05) is 0 Å². The molecule has 2 amide bonds. The average molecular weight is 262 g/mol. The van der Waals surface area contributed by atoms with Gasteiger partial charge in [0.1, 0.15) is 11.6 Å². The van der Waals surface area contributed by atoms with Crippen LogP contribution in [0.5, 0.6) is 0 Å². The van der Waals surface area contributed by atoms with E-state index in [2.05, 4.69) is 10.6 Å². The van der Waals surface area contributed by atoms with Crippen LogP contribution < -0.4 is 10.6 Å². The standard InChI is InChI=1S/C14H12F2N2O/c1-9-5-6-12(16)13(7-9)18-14(19)17-11-4-2-3-10(15)8-11/h2-8H,1H3,(H2,17,18,19). The summed E-state index contributed by atoms with van der Waals surface area (Å²) < 4.78 is 26.4. The average Bonchev–Trinajstić information content (AvgIpc) is 2.34. The van der Waals surface area contributed by atoms with Crippen molar-refractivity contribution in [2.24, 2.45) is 0 Å². The van der Waals surface area contributed by atoms with Gasteiger partial charge in [0.2, 0.25) is 0 Å². The van der Waals surface area contributed by atoms with Crippen LogP contribution in [0.15, 0.2) is 42.5 Å². The van der Waals surface area contributed by atoms with E-state index in [1.54, 1.807) is 13.0 Å². The minimum Gasteiger partial charge on any atom is -0.308 e. The number of hydrogen-bond donors (Lipinski definition) is 2. The predicted octanol–water partition coefficient (Wildman–Crippen LogP) is 3.92. The number of anilines is 2. The lowest BCUT2D eigenvalue weighted by atomic mass is 10.2. The molecule has 2 rings (SSSR count). The summed E-state index contributed by atoms with van der Waals surface area (Å²) in [5.41, 5.74) is 1.20. The number of carbonyl (C=O) groups is 1. The van der Waals surface area contributed by atoms with Gasteiger partial charge in [-0.25, -0.2) is 13.6 Å². The van der Waals surface area contributed by atoms with Crippen molar-refractivity contribution >= 4 is 17.4 Å². The van der Waals surface area contributed by atoms with E-state index in [4.69, 9.17) is 0 Å². The fourth-order valence-electron chi connectivity index (χ4n) is 1.59. The molecule has 0 heterocycles. The quantitative estimate of drug-likeness (QED) is 0.846. The second kappa shape index (κ2) is 5.48. The summed E-state index contributed by atoms with van der Waals surface area (Å²) in [5.74, 6) is -0.987. The Balaban J connectivity index is 2.07. The van der Waals surface area contributed by atoms with Crippen LogP contribution in [0.2, 0.25) is 0 Å². The summed E-state index contributed by atoms with van der Waals surface area (Å²) in [6.45, 7) is 1.79. The van der Waals surface area contributed by atoms with Crippen molar-refractivity contribution in [3.8, 4) is 0 Å². The molecule has 3 nitrogen and oxygen atoms in total. The van der Waals surface area contributed by atoms with Gasteiger partial charge in [0.05, 0.1) is 5.69 Å². The molecular weight excluding hydrogens is 250 g/mol. The predicted molar refractivity (Wildman–Crippen MR) is 70.2 cm³/mol. The lowest BCUT2D eigenvalue weighted by Gasteiger charge is -2.09. The van der Waals surface area contributed by atoms with E-state index in [0.29, 0.717) is 5.69 Å². The molecule has 0 saturated carbocycles. The molecule has 0 aromatic heterocycles. The molecule has 0 aliphatic rings. The summed E-state index contributed by atoms with van der Waals surface area (Å²) >= 11 is 0. The van der Waals surface area contributed by atoms with Crippen LogP contribution in [0.4, 0.5) is 25.0 Å². The Morgan fingerprint density at radius 3 is 2.58 bits per heavy atom. The van der Waals surface area contributed by atoms with Crippen molar-refractivity contribution in [2.45, 2.75) is 6.92 Å². The molecule has 5 heteroatoms. The van der Waals surface area contributed by atoms with Gasteiger partial charge < -0.3 is 10.6 Å². The third-order valence-corrected chi connectivity index (χ3v) is 2.45. The maximum absolute atomic E-state index is 13.4. The van der Waals surface area contributed by atoms with Gasteiger partial charge >= 0.3 is 6.03 Å². The second-order valence-corrected chi connectivity index (χ2v) is 4.07. The zero-order chi connectivity index (χ0) is 13.8. The van der Waals surface area contributed by atoms with E-state index in [9.17, 15) is 13.6 Å². The summed E-state index contributed by atoms with van der Waals surface area (Å²) in [6, 6.07) is 9.21. The molecule has 0 unspecified atom stereocenters. The smallest absolute Gasteiger partial charge is 0.308 e. The van der Waals surface area contributed by atoms with E-state index in [-0.39, 0.29) is 5.69 Å². The molecule has 0 saturated heterocycles. The van der Waals surface area contributed by atoms with Gasteiger partial charge in [0.15, 0.2) is 0 Å². The van der Waals surface area contributed by atoms with Crippen LogP contribution in [0.3, 0.4) is 0 Å². The number of halogens is 2. The topological polar surface area (TPSA) is 41.1 Å². The fourth-order valence-corrected chi connectivity index (χ4v) is 1.59. The van der Waals surface area contributed by atoms with Gasteiger partial charge in [-0.05, 0) is 42.8 Å². The lowest BCUT2D eigenvalue weighted by molar-refractivity contribution is 0.262. The number of nitrogens with one attached hydrogen (secondary N) is 2. The minimum absolute atomic E-state index is 0.0777. The lowest BCUT2D eigenvalue weighted by Crippen LogP contribution is -2.20. The van der Waals surface area contributed by atoms with E-state index in [1.165, 1.54) is 36.4 Å². The number of amides is 2. The van der Waals surface area contributed by atoms with Crippen LogP contribution in [0, 0.1) is 18.6 Å². The number of carbonyl (C=O) groups excluding carboxylic acids is 1. The Morgan fingerprint density at radius 2 is 1.84 bits per heavy atom. The third kappa shape index (κ3) is 3.51.